The molecule has 2 unspecified atom stereocenters. The van der Waals surface area contributed by atoms with E-state index in [4.69, 9.17) is 13.8 Å². The van der Waals surface area contributed by atoms with E-state index in [1.165, 1.54) is 103 Å². The van der Waals surface area contributed by atoms with Crippen LogP contribution in [0.3, 0.4) is 0 Å². The Morgan fingerprint density at radius 3 is 1.41 bits per heavy atom. The van der Waals surface area contributed by atoms with Crippen LogP contribution in [0.15, 0.2) is 72.9 Å². The van der Waals surface area contributed by atoms with Gasteiger partial charge in [0.25, 0.3) is 0 Å². The highest BCUT2D eigenvalue weighted by Crippen LogP contribution is 2.42. The minimum atomic E-state index is -4.43. The van der Waals surface area contributed by atoms with Crippen molar-refractivity contribution in [1.82, 2.24) is 5.32 Å². The molecule has 2 atom stereocenters. The fraction of sp³-hybridized carbons (Fsp3) is 0.725. The van der Waals surface area contributed by atoms with Crippen LogP contribution in [0.5, 0.6) is 0 Å². The molecule has 0 aliphatic carbocycles. The van der Waals surface area contributed by atoms with Crippen molar-refractivity contribution >= 4 is 19.7 Å². The fourth-order valence-corrected chi connectivity index (χ4v) is 7.22. The van der Waals surface area contributed by atoms with E-state index in [9.17, 15) is 24.2 Å². The highest BCUT2D eigenvalue weighted by Gasteiger charge is 2.23. The molecular weight excluding hydrogens is 786 g/mol. The van der Waals surface area contributed by atoms with Crippen molar-refractivity contribution in [2.75, 3.05) is 26.4 Å². The minimum Gasteiger partial charge on any atom is -0.463 e. The number of carbonyl (C=O) groups is 2. The van der Waals surface area contributed by atoms with Crippen molar-refractivity contribution < 1.29 is 37.9 Å². The predicted octanol–water partition coefficient (Wildman–Crippen LogP) is 14.2. The van der Waals surface area contributed by atoms with E-state index in [0.717, 1.165) is 77.0 Å². The molecule has 0 radical (unpaired) electrons. The number of amides is 1. The molecule has 61 heavy (non-hydrogen) atoms. The van der Waals surface area contributed by atoms with Gasteiger partial charge < -0.3 is 20.1 Å². The molecular formula is C51H90NO8P. The van der Waals surface area contributed by atoms with E-state index in [0.29, 0.717) is 6.42 Å². The molecule has 0 heterocycles. The zero-order chi connectivity index (χ0) is 44.6. The summed E-state index contributed by atoms with van der Waals surface area (Å²) in [5, 5.41) is 12.7. The van der Waals surface area contributed by atoms with Crippen LogP contribution < -0.4 is 5.32 Å². The Morgan fingerprint density at radius 1 is 0.525 bits per heavy atom. The summed E-state index contributed by atoms with van der Waals surface area (Å²) in [5.74, 6) is -0.532. The van der Waals surface area contributed by atoms with Gasteiger partial charge >= 0.3 is 13.8 Å². The summed E-state index contributed by atoms with van der Waals surface area (Å²) in [6.45, 7) is 3.41. The highest BCUT2D eigenvalue weighted by atomic mass is 31.2. The largest absolute Gasteiger partial charge is 0.472 e. The van der Waals surface area contributed by atoms with Crippen molar-refractivity contribution in [2.45, 2.75) is 213 Å². The minimum absolute atomic E-state index is 0.0725. The summed E-state index contributed by atoms with van der Waals surface area (Å²) in [7, 11) is -4.43. The first-order valence-corrected chi connectivity index (χ1v) is 25.9. The molecule has 3 N–H and O–H groups in total. The lowest BCUT2D eigenvalue weighted by atomic mass is 10.1. The van der Waals surface area contributed by atoms with Crippen LogP contribution in [-0.4, -0.2) is 54.3 Å². The lowest BCUT2D eigenvalue weighted by Crippen LogP contribution is -2.27. The Bertz CT molecular complexity index is 1230. The van der Waals surface area contributed by atoms with Gasteiger partial charge in [0.15, 0.2) is 0 Å². The number of rotatable bonds is 45. The van der Waals surface area contributed by atoms with E-state index in [-0.39, 0.29) is 32.1 Å². The number of hydrogen-bond donors (Lipinski definition) is 3. The number of phosphoric ester groups is 1. The molecule has 0 saturated carbocycles. The second kappa shape index (κ2) is 46.9. The van der Waals surface area contributed by atoms with Crippen LogP contribution in [0, 0.1) is 0 Å². The zero-order valence-corrected chi connectivity index (χ0v) is 39.7. The Hall–Kier alpha value is -2.55. The van der Waals surface area contributed by atoms with Crippen LogP contribution in [0.25, 0.3) is 0 Å². The van der Waals surface area contributed by atoms with Crippen molar-refractivity contribution in [3.63, 3.8) is 0 Å². The average molecular weight is 876 g/mol. The maximum atomic E-state index is 12.1. The number of aliphatic hydroxyl groups is 1. The van der Waals surface area contributed by atoms with Gasteiger partial charge in [-0.05, 0) is 83.5 Å². The number of carbonyl (C=O) groups excluding carboxylic acids is 2. The third-order valence-electron chi connectivity index (χ3n) is 10.1. The molecule has 10 heteroatoms. The molecule has 0 aromatic rings. The second-order valence-corrected chi connectivity index (χ2v) is 17.5. The molecule has 352 valence electrons. The number of allylic oxidation sites excluding steroid dienone is 12. The highest BCUT2D eigenvalue weighted by molar-refractivity contribution is 7.47. The summed E-state index contributed by atoms with van der Waals surface area (Å²) < 4.78 is 27.0. The average Bonchev–Trinajstić information content (AvgIpc) is 3.25. The quantitative estimate of drug-likeness (QED) is 0.0239. The summed E-state index contributed by atoms with van der Waals surface area (Å²) >= 11 is 0. The molecule has 0 aromatic heterocycles. The van der Waals surface area contributed by atoms with Gasteiger partial charge in [-0.1, -0.05) is 183 Å². The van der Waals surface area contributed by atoms with E-state index in [1.807, 2.05) is 0 Å². The predicted molar refractivity (Wildman–Crippen MR) is 256 cm³/mol. The first kappa shape index (κ1) is 58.5. The van der Waals surface area contributed by atoms with Gasteiger partial charge in [0, 0.05) is 19.4 Å². The Morgan fingerprint density at radius 2 is 0.934 bits per heavy atom. The van der Waals surface area contributed by atoms with Gasteiger partial charge in [-0.2, -0.15) is 0 Å². The van der Waals surface area contributed by atoms with Crippen molar-refractivity contribution in [3.05, 3.63) is 72.9 Å². The molecule has 0 rings (SSSR count). The lowest BCUT2D eigenvalue weighted by molar-refractivity contribution is -0.147. The van der Waals surface area contributed by atoms with E-state index in [1.54, 1.807) is 0 Å². The van der Waals surface area contributed by atoms with Gasteiger partial charge in [-0.15, -0.1) is 0 Å². The molecule has 0 aromatic carbocycles. The number of nitrogens with one attached hydrogen (secondary N) is 1. The molecule has 0 spiro atoms. The molecule has 0 aliphatic heterocycles. The van der Waals surface area contributed by atoms with Gasteiger partial charge in [-0.3, -0.25) is 18.6 Å². The molecule has 0 bridgehead atoms. The molecule has 0 saturated heterocycles. The van der Waals surface area contributed by atoms with Gasteiger partial charge in [0.1, 0.15) is 12.7 Å². The Labute approximate surface area is 373 Å². The summed E-state index contributed by atoms with van der Waals surface area (Å²) in [4.78, 5) is 34.0. The first-order chi connectivity index (χ1) is 29.8. The SMILES string of the molecule is CC/C=C\C/C=C\C/C=C\CCCCCCCCCC(=O)NCCOP(=O)(O)OCC(O)COC(=O)CCCCCCCCCCCC/C=C\C/C=C\C/C=C\CCCCC. The zero-order valence-electron chi connectivity index (χ0n) is 38.8. The molecule has 1 amide bonds. The van der Waals surface area contributed by atoms with Crippen molar-refractivity contribution in [1.29, 1.82) is 0 Å². The molecule has 0 aliphatic rings. The fourth-order valence-electron chi connectivity index (χ4n) is 6.46. The number of phosphoric acid groups is 1. The number of esters is 1. The van der Waals surface area contributed by atoms with Crippen LogP contribution in [0.2, 0.25) is 0 Å². The van der Waals surface area contributed by atoms with E-state index in [2.05, 4.69) is 92.1 Å². The standard InChI is InChI=1S/C51H90NO8P/c1-3-5-7-9-11-13-15-17-19-21-22-23-24-25-26-28-30-32-34-36-38-40-42-44-51(55)58-47-49(53)48-60-61(56,57)59-46-45-52-50(54)43-41-39-37-35-33-31-29-27-20-18-16-14-12-10-8-6-4-2/h6,8,11-14,17-20,22-23,49,53H,3-5,7,9-10,15-16,21,24-48H2,1-2H3,(H,52,54)(H,56,57)/b8-6-,13-11-,14-12-,19-17-,20-18-,23-22-. The maximum absolute atomic E-state index is 12.1. The van der Waals surface area contributed by atoms with Crippen LogP contribution in [0.1, 0.15) is 206 Å². The van der Waals surface area contributed by atoms with Crippen molar-refractivity contribution in [2.24, 2.45) is 0 Å². The van der Waals surface area contributed by atoms with Crippen LogP contribution >= 0.6 is 7.82 Å². The monoisotopic (exact) mass is 876 g/mol. The third-order valence-corrected chi connectivity index (χ3v) is 11.1. The number of hydrogen-bond acceptors (Lipinski definition) is 7. The molecule has 9 nitrogen and oxygen atoms in total. The van der Waals surface area contributed by atoms with Gasteiger partial charge in [-0.25, -0.2) is 4.57 Å². The topological polar surface area (TPSA) is 131 Å². The summed E-state index contributed by atoms with van der Waals surface area (Å²) in [5.41, 5.74) is 0. The van der Waals surface area contributed by atoms with Gasteiger partial charge in [0.05, 0.1) is 13.2 Å². The molecule has 0 fully saturated rings. The van der Waals surface area contributed by atoms with Gasteiger partial charge in [0.2, 0.25) is 5.91 Å². The number of aliphatic hydroxyl groups excluding tert-OH is 1. The summed E-state index contributed by atoms with van der Waals surface area (Å²) in [6, 6.07) is 0. The first-order valence-electron chi connectivity index (χ1n) is 24.4. The van der Waals surface area contributed by atoms with Crippen LogP contribution in [0.4, 0.5) is 0 Å². The van der Waals surface area contributed by atoms with Crippen LogP contribution in [-0.2, 0) is 27.9 Å². The number of ether oxygens (including phenoxy) is 1. The Balaban J connectivity index is 3.60. The Kier molecular flexibility index (Phi) is 45.0. The summed E-state index contributed by atoms with van der Waals surface area (Å²) in [6.07, 6.45) is 58.3. The number of unbranched alkanes of at least 4 members (excludes halogenated alkanes) is 20. The van der Waals surface area contributed by atoms with E-state index < -0.39 is 26.5 Å². The lowest BCUT2D eigenvalue weighted by Gasteiger charge is -2.15. The third kappa shape index (κ3) is 48.3. The van der Waals surface area contributed by atoms with Crippen molar-refractivity contribution in [3.8, 4) is 0 Å². The van der Waals surface area contributed by atoms with E-state index >= 15 is 0 Å². The smallest absolute Gasteiger partial charge is 0.463 e. The normalized spacial score (nSPS) is 13.8. The second-order valence-electron chi connectivity index (χ2n) is 16.0. The maximum Gasteiger partial charge on any atom is 0.472 e.